The number of rotatable bonds is 4. The molecule has 6 heteroatoms. The van der Waals surface area contributed by atoms with Crippen LogP contribution in [0.3, 0.4) is 0 Å². The molecule has 0 saturated carbocycles. The predicted octanol–water partition coefficient (Wildman–Crippen LogP) is 2.30. The molecule has 22 heavy (non-hydrogen) atoms. The van der Waals surface area contributed by atoms with Crippen LogP contribution in [0.25, 0.3) is 5.82 Å². The van der Waals surface area contributed by atoms with E-state index in [-0.39, 0.29) is 12.2 Å². The van der Waals surface area contributed by atoms with Gasteiger partial charge in [0.05, 0.1) is 6.61 Å². The summed E-state index contributed by atoms with van der Waals surface area (Å²) in [5, 5.41) is 12.9. The lowest BCUT2D eigenvalue weighted by Crippen LogP contribution is -2.15. The predicted molar refractivity (Wildman–Crippen MR) is 84.4 cm³/mol. The van der Waals surface area contributed by atoms with Crippen molar-refractivity contribution in [2.24, 2.45) is 0 Å². The molecule has 0 spiro atoms. The van der Waals surface area contributed by atoms with Gasteiger partial charge in [-0.2, -0.15) is 0 Å². The zero-order chi connectivity index (χ0) is 15.5. The summed E-state index contributed by atoms with van der Waals surface area (Å²) in [4.78, 5) is 16.2. The summed E-state index contributed by atoms with van der Waals surface area (Å²) in [5.74, 6) is 0.457. The van der Waals surface area contributed by atoms with Gasteiger partial charge in [0, 0.05) is 29.4 Å². The van der Waals surface area contributed by atoms with Crippen molar-refractivity contribution in [3.63, 3.8) is 0 Å². The lowest BCUT2D eigenvalue weighted by molar-refractivity contribution is 0.281. The van der Waals surface area contributed by atoms with E-state index in [1.807, 2.05) is 24.3 Å². The number of nitrogens with one attached hydrogen (secondary N) is 1. The number of benzene rings is 1. The Bertz CT molecular complexity index is 837. The Morgan fingerprint density at radius 3 is 2.64 bits per heavy atom. The fourth-order valence-electron chi connectivity index (χ4n) is 2.21. The Kier molecular flexibility index (Phi) is 4.09. The largest absolute Gasteiger partial charge is 0.392 e. The van der Waals surface area contributed by atoms with Crippen molar-refractivity contribution in [3.05, 3.63) is 80.9 Å². The van der Waals surface area contributed by atoms with Crippen molar-refractivity contribution >= 4 is 11.6 Å². The number of hydrogen-bond acceptors (Lipinski definition) is 3. The Morgan fingerprint density at radius 1 is 1.14 bits per heavy atom. The van der Waals surface area contributed by atoms with Gasteiger partial charge in [0.15, 0.2) is 5.82 Å². The van der Waals surface area contributed by atoms with E-state index in [0.29, 0.717) is 22.8 Å². The maximum atomic E-state index is 12.1. The standard InChI is InChI=1S/C16H14ClN3O2/c17-13-3-1-11(2-4-13)7-14-9-16(22)20(19-14)15-8-12(10-21)5-6-18-15/h1-6,8-9,19,21H,7,10H2. The molecule has 1 aromatic carbocycles. The summed E-state index contributed by atoms with van der Waals surface area (Å²) < 4.78 is 1.37. The van der Waals surface area contributed by atoms with Crippen LogP contribution in [0.1, 0.15) is 16.8 Å². The monoisotopic (exact) mass is 315 g/mol. The highest BCUT2D eigenvalue weighted by Gasteiger charge is 2.07. The Hall–Kier alpha value is -2.37. The minimum atomic E-state index is -0.188. The zero-order valence-corrected chi connectivity index (χ0v) is 12.4. The number of aliphatic hydroxyl groups excluding tert-OH is 1. The minimum Gasteiger partial charge on any atom is -0.392 e. The van der Waals surface area contributed by atoms with Gasteiger partial charge in [0.2, 0.25) is 0 Å². The lowest BCUT2D eigenvalue weighted by Gasteiger charge is -2.03. The minimum absolute atomic E-state index is 0.0946. The molecule has 0 amide bonds. The molecule has 3 rings (SSSR count). The summed E-state index contributed by atoms with van der Waals surface area (Å²) in [6.45, 7) is -0.0946. The average molecular weight is 316 g/mol. The highest BCUT2D eigenvalue weighted by Crippen LogP contribution is 2.12. The van der Waals surface area contributed by atoms with E-state index in [4.69, 9.17) is 16.7 Å². The van der Waals surface area contributed by atoms with Crippen LogP contribution in [0.4, 0.5) is 0 Å². The summed E-state index contributed by atoms with van der Waals surface area (Å²) in [6, 6.07) is 12.4. The third-order valence-corrected chi connectivity index (χ3v) is 3.55. The molecule has 2 aromatic heterocycles. The molecule has 2 heterocycles. The molecule has 0 aliphatic carbocycles. The second-order valence-electron chi connectivity index (χ2n) is 4.94. The van der Waals surface area contributed by atoms with Gasteiger partial charge in [0.1, 0.15) is 0 Å². The van der Waals surface area contributed by atoms with E-state index in [9.17, 15) is 4.79 Å². The van der Waals surface area contributed by atoms with Crippen LogP contribution >= 0.6 is 11.6 Å². The van der Waals surface area contributed by atoms with E-state index in [1.54, 1.807) is 24.4 Å². The van der Waals surface area contributed by atoms with Gasteiger partial charge < -0.3 is 5.11 Å². The molecule has 0 radical (unpaired) electrons. The molecule has 0 saturated heterocycles. The molecule has 2 N–H and O–H groups in total. The van der Waals surface area contributed by atoms with Crippen LogP contribution in [-0.2, 0) is 13.0 Å². The Labute approximate surface area is 131 Å². The van der Waals surface area contributed by atoms with E-state index >= 15 is 0 Å². The van der Waals surface area contributed by atoms with E-state index < -0.39 is 0 Å². The van der Waals surface area contributed by atoms with Crippen LogP contribution < -0.4 is 5.56 Å². The SMILES string of the molecule is O=c1cc(Cc2ccc(Cl)cc2)[nH]n1-c1cc(CO)ccn1. The number of nitrogens with zero attached hydrogens (tertiary/aromatic N) is 2. The number of halogens is 1. The normalized spacial score (nSPS) is 10.8. The average Bonchev–Trinajstić information content (AvgIpc) is 2.90. The van der Waals surface area contributed by atoms with Crippen molar-refractivity contribution in [1.29, 1.82) is 0 Å². The van der Waals surface area contributed by atoms with E-state index in [1.165, 1.54) is 4.68 Å². The van der Waals surface area contributed by atoms with Crippen molar-refractivity contribution in [3.8, 4) is 5.82 Å². The van der Waals surface area contributed by atoms with Gasteiger partial charge in [-0.15, -0.1) is 0 Å². The second-order valence-corrected chi connectivity index (χ2v) is 5.38. The van der Waals surface area contributed by atoms with Crippen LogP contribution in [-0.4, -0.2) is 19.9 Å². The smallest absolute Gasteiger partial charge is 0.272 e. The molecule has 0 unspecified atom stereocenters. The highest BCUT2D eigenvalue weighted by molar-refractivity contribution is 6.30. The Morgan fingerprint density at radius 2 is 1.91 bits per heavy atom. The van der Waals surface area contributed by atoms with Gasteiger partial charge in [0.25, 0.3) is 5.56 Å². The molecule has 0 aliphatic heterocycles. The maximum Gasteiger partial charge on any atom is 0.272 e. The van der Waals surface area contributed by atoms with Gasteiger partial charge in [-0.1, -0.05) is 23.7 Å². The topological polar surface area (TPSA) is 70.9 Å². The van der Waals surface area contributed by atoms with Gasteiger partial charge in [-0.05, 0) is 35.4 Å². The molecule has 0 bridgehead atoms. The van der Waals surface area contributed by atoms with Gasteiger partial charge in [-0.3, -0.25) is 9.89 Å². The molecule has 3 aromatic rings. The molecular formula is C16H14ClN3O2. The fourth-order valence-corrected chi connectivity index (χ4v) is 2.33. The van der Waals surface area contributed by atoms with Crippen LogP contribution in [0.2, 0.25) is 5.02 Å². The van der Waals surface area contributed by atoms with E-state index in [0.717, 1.165) is 11.3 Å². The molecule has 0 aliphatic rings. The molecular weight excluding hydrogens is 302 g/mol. The maximum absolute atomic E-state index is 12.1. The zero-order valence-electron chi connectivity index (χ0n) is 11.7. The number of aromatic nitrogens is 3. The molecule has 0 fully saturated rings. The summed E-state index contributed by atoms with van der Waals surface area (Å²) in [7, 11) is 0. The van der Waals surface area contributed by atoms with Crippen LogP contribution in [0.5, 0.6) is 0 Å². The molecule has 0 atom stereocenters. The Balaban J connectivity index is 1.90. The van der Waals surface area contributed by atoms with Crippen molar-refractivity contribution in [2.45, 2.75) is 13.0 Å². The fraction of sp³-hybridized carbons (Fsp3) is 0.125. The van der Waals surface area contributed by atoms with Crippen molar-refractivity contribution in [2.75, 3.05) is 0 Å². The van der Waals surface area contributed by atoms with E-state index in [2.05, 4.69) is 10.1 Å². The van der Waals surface area contributed by atoms with Crippen molar-refractivity contribution < 1.29 is 5.11 Å². The number of aromatic amines is 1. The highest BCUT2D eigenvalue weighted by atomic mass is 35.5. The lowest BCUT2D eigenvalue weighted by atomic mass is 10.1. The van der Waals surface area contributed by atoms with Crippen LogP contribution in [0.15, 0.2) is 53.5 Å². The van der Waals surface area contributed by atoms with Crippen LogP contribution in [0, 0.1) is 0 Å². The van der Waals surface area contributed by atoms with Gasteiger partial charge in [-0.25, -0.2) is 9.67 Å². The third kappa shape index (κ3) is 3.10. The first-order valence-corrected chi connectivity index (χ1v) is 7.15. The first-order valence-electron chi connectivity index (χ1n) is 6.77. The first kappa shape index (κ1) is 14.6. The molecule has 5 nitrogen and oxygen atoms in total. The quantitative estimate of drug-likeness (QED) is 0.776. The number of hydrogen-bond donors (Lipinski definition) is 2. The summed E-state index contributed by atoms with van der Waals surface area (Å²) in [5.41, 5.74) is 2.34. The number of H-pyrrole nitrogens is 1. The second kappa shape index (κ2) is 6.17. The number of aliphatic hydroxyl groups is 1. The van der Waals surface area contributed by atoms with Crippen molar-refractivity contribution in [1.82, 2.24) is 14.8 Å². The summed E-state index contributed by atoms with van der Waals surface area (Å²) in [6.07, 6.45) is 2.16. The molecule has 112 valence electrons. The number of pyridine rings is 1. The first-order chi connectivity index (χ1) is 10.7. The summed E-state index contributed by atoms with van der Waals surface area (Å²) >= 11 is 5.86. The van der Waals surface area contributed by atoms with Gasteiger partial charge >= 0.3 is 0 Å². The third-order valence-electron chi connectivity index (χ3n) is 3.30.